The molecule has 110 valence electrons. The second kappa shape index (κ2) is 7.88. The van der Waals surface area contributed by atoms with Crippen molar-refractivity contribution in [3.63, 3.8) is 0 Å². The molecule has 0 saturated carbocycles. The van der Waals surface area contributed by atoms with Crippen molar-refractivity contribution in [1.29, 1.82) is 0 Å². The highest BCUT2D eigenvalue weighted by atomic mass is 16.5. The number of methoxy groups -OCH3 is 3. The van der Waals surface area contributed by atoms with Gasteiger partial charge in [0.05, 0.1) is 39.7 Å². The van der Waals surface area contributed by atoms with Crippen LogP contribution in [0.1, 0.15) is 12.5 Å². The molecule has 0 bridgehead atoms. The Morgan fingerprint density at radius 1 is 1.20 bits per heavy atom. The Balaban J connectivity index is 2.97. The third-order valence-electron chi connectivity index (χ3n) is 2.38. The Bertz CT molecular complexity index is 463. The molecule has 0 unspecified atom stereocenters. The molecule has 0 saturated heterocycles. The number of carbonyl (C=O) groups is 1. The van der Waals surface area contributed by atoms with Crippen molar-refractivity contribution < 1.29 is 23.7 Å². The van der Waals surface area contributed by atoms with Gasteiger partial charge in [0.1, 0.15) is 17.2 Å². The molecule has 20 heavy (non-hydrogen) atoms. The number of nitrogens with one attached hydrogen (secondary N) is 1. The molecule has 0 aliphatic carbocycles. The topological polar surface area (TPSA) is 78.4 Å². The standard InChI is InChI=1S/C13H18N2O5/c1-5-20-13(16)15-14-8-10-11(18-3)6-9(17-2)7-12(10)19-4/h6-8H,5H2,1-4H3,(H,15,16)/b14-8-. The number of benzene rings is 1. The average Bonchev–Trinajstić information content (AvgIpc) is 2.47. The van der Waals surface area contributed by atoms with Crippen LogP contribution in [-0.4, -0.2) is 40.2 Å². The summed E-state index contributed by atoms with van der Waals surface area (Å²) >= 11 is 0. The van der Waals surface area contributed by atoms with Crippen molar-refractivity contribution in [3.05, 3.63) is 17.7 Å². The van der Waals surface area contributed by atoms with E-state index in [1.807, 2.05) is 0 Å². The SMILES string of the molecule is CCOC(=O)N/N=C\c1c(OC)cc(OC)cc1OC. The van der Waals surface area contributed by atoms with Gasteiger partial charge in [-0.1, -0.05) is 0 Å². The fourth-order valence-corrected chi connectivity index (χ4v) is 1.47. The molecule has 1 aromatic rings. The molecule has 1 rings (SSSR count). The van der Waals surface area contributed by atoms with Gasteiger partial charge in [-0.05, 0) is 6.92 Å². The molecule has 7 heteroatoms. The van der Waals surface area contributed by atoms with E-state index in [1.54, 1.807) is 26.2 Å². The fraction of sp³-hybridized carbons (Fsp3) is 0.385. The van der Waals surface area contributed by atoms with E-state index in [9.17, 15) is 4.79 Å². The lowest BCUT2D eigenvalue weighted by atomic mass is 10.2. The summed E-state index contributed by atoms with van der Waals surface area (Å²) in [4.78, 5) is 11.1. The Labute approximate surface area is 117 Å². The predicted molar refractivity (Wildman–Crippen MR) is 73.8 cm³/mol. The van der Waals surface area contributed by atoms with Gasteiger partial charge in [0.25, 0.3) is 0 Å². The first-order chi connectivity index (χ1) is 9.65. The molecule has 0 radical (unpaired) electrons. The maximum atomic E-state index is 11.1. The van der Waals surface area contributed by atoms with Crippen molar-refractivity contribution in [1.82, 2.24) is 5.43 Å². The summed E-state index contributed by atoms with van der Waals surface area (Å²) < 4.78 is 20.3. The fourth-order valence-electron chi connectivity index (χ4n) is 1.47. The number of hydrazone groups is 1. The predicted octanol–water partition coefficient (Wildman–Crippen LogP) is 1.79. The van der Waals surface area contributed by atoms with Crippen LogP contribution in [-0.2, 0) is 4.74 Å². The van der Waals surface area contributed by atoms with E-state index in [0.29, 0.717) is 22.8 Å². The average molecular weight is 282 g/mol. The highest BCUT2D eigenvalue weighted by molar-refractivity contribution is 5.88. The first kappa shape index (κ1) is 15.6. The van der Waals surface area contributed by atoms with Gasteiger partial charge in [-0.25, -0.2) is 10.2 Å². The maximum Gasteiger partial charge on any atom is 0.427 e. The molecule has 0 spiro atoms. The summed E-state index contributed by atoms with van der Waals surface area (Å²) in [7, 11) is 4.58. The number of rotatable bonds is 6. The minimum Gasteiger partial charge on any atom is -0.496 e. The van der Waals surface area contributed by atoms with Crippen LogP contribution in [0.4, 0.5) is 4.79 Å². The Morgan fingerprint density at radius 3 is 2.25 bits per heavy atom. The van der Waals surface area contributed by atoms with Crippen LogP contribution in [0.5, 0.6) is 17.2 Å². The molecule has 1 aromatic carbocycles. The molecule has 0 aliphatic heterocycles. The van der Waals surface area contributed by atoms with Crippen LogP contribution in [0.25, 0.3) is 0 Å². The van der Waals surface area contributed by atoms with E-state index in [1.165, 1.54) is 20.4 Å². The van der Waals surface area contributed by atoms with E-state index in [4.69, 9.17) is 14.2 Å². The van der Waals surface area contributed by atoms with Gasteiger partial charge in [-0.15, -0.1) is 0 Å². The van der Waals surface area contributed by atoms with Crippen LogP contribution in [0.2, 0.25) is 0 Å². The molecular formula is C13H18N2O5. The zero-order valence-electron chi connectivity index (χ0n) is 11.9. The van der Waals surface area contributed by atoms with E-state index in [2.05, 4.69) is 15.3 Å². The number of nitrogens with zero attached hydrogens (tertiary/aromatic N) is 1. The summed E-state index contributed by atoms with van der Waals surface area (Å²) in [5.74, 6) is 1.61. The minimum absolute atomic E-state index is 0.274. The van der Waals surface area contributed by atoms with Gasteiger partial charge in [0.2, 0.25) is 0 Å². The van der Waals surface area contributed by atoms with Crippen LogP contribution in [0.15, 0.2) is 17.2 Å². The van der Waals surface area contributed by atoms with Gasteiger partial charge in [-0.3, -0.25) is 0 Å². The summed E-state index contributed by atoms with van der Waals surface area (Å²) in [6, 6.07) is 3.38. The van der Waals surface area contributed by atoms with Gasteiger partial charge in [0, 0.05) is 12.1 Å². The summed E-state index contributed by atoms with van der Waals surface area (Å²) in [6.45, 7) is 1.98. The van der Waals surface area contributed by atoms with Crippen LogP contribution in [0, 0.1) is 0 Å². The molecule has 1 N–H and O–H groups in total. The van der Waals surface area contributed by atoms with E-state index in [0.717, 1.165) is 0 Å². The van der Waals surface area contributed by atoms with Crippen molar-refractivity contribution >= 4 is 12.3 Å². The number of amides is 1. The molecule has 0 atom stereocenters. The monoisotopic (exact) mass is 282 g/mol. The van der Waals surface area contributed by atoms with Crippen LogP contribution < -0.4 is 19.6 Å². The van der Waals surface area contributed by atoms with Gasteiger partial charge in [0.15, 0.2) is 0 Å². The maximum absolute atomic E-state index is 11.1. The number of ether oxygens (including phenoxy) is 4. The van der Waals surface area contributed by atoms with Gasteiger partial charge < -0.3 is 18.9 Å². The lowest BCUT2D eigenvalue weighted by Gasteiger charge is -2.12. The zero-order chi connectivity index (χ0) is 15.0. The molecule has 0 heterocycles. The zero-order valence-corrected chi connectivity index (χ0v) is 11.9. The number of hydrogen-bond donors (Lipinski definition) is 1. The van der Waals surface area contributed by atoms with E-state index >= 15 is 0 Å². The van der Waals surface area contributed by atoms with Crippen LogP contribution >= 0.6 is 0 Å². The lowest BCUT2D eigenvalue weighted by Crippen LogP contribution is -2.18. The minimum atomic E-state index is -0.629. The third-order valence-corrected chi connectivity index (χ3v) is 2.38. The molecular weight excluding hydrogens is 264 g/mol. The second-order valence-electron chi connectivity index (χ2n) is 3.54. The Kier molecular flexibility index (Phi) is 6.15. The summed E-state index contributed by atoms with van der Waals surface area (Å²) in [6.07, 6.45) is 0.781. The highest BCUT2D eigenvalue weighted by Crippen LogP contribution is 2.32. The first-order valence-electron chi connectivity index (χ1n) is 5.92. The molecule has 0 aliphatic rings. The van der Waals surface area contributed by atoms with Crippen molar-refractivity contribution in [2.45, 2.75) is 6.92 Å². The molecule has 1 amide bonds. The van der Waals surface area contributed by atoms with Crippen molar-refractivity contribution in [2.75, 3.05) is 27.9 Å². The van der Waals surface area contributed by atoms with Gasteiger partial charge >= 0.3 is 6.09 Å². The quantitative estimate of drug-likeness (QED) is 0.635. The van der Waals surface area contributed by atoms with Crippen LogP contribution in [0.3, 0.4) is 0 Å². The second-order valence-corrected chi connectivity index (χ2v) is 3.54. The normalized spacial score (nSPS) is 10.2. The number of carbonyl (C=O) groups excluding carboxylic acids is 1. The number of hydrogen-bond acceptors (Lipinski definition) is 6. The highest BCUT2D eigenvalue weighted by Gasteiger charge is 2.11. The van der Waals surface area contributed by atoms with Gasteiger partial charge in [-0.2, -0.15) is 5.10 Å². The molecule has 0 aromatic heterocycles. The molecule has 7 nitrogen and oxygen atoms in total. The summed E-state index contributed by atoms with van der Waals surface area (Å²) in [5.41, 5.74) is 2.81. The Hall–Kier alpha value is -2.44. The van der Waals surface area contributed by atoms with Crippen molar-refractivity contribution in [3.8, 4) is 17.2 Å². The first-order valence-corrected chi connectivity index (χ1v) is 5.92. The smallest absolute Gasteiger partial charge is 0.427 e. The summed E-state index contributed by atoms with van der Waals surface area (Å²) in [5, 5.41) is 3.78. The van der Waals surface area contributed by atoms with Crippen molar-refractivity contribution in [2.24, 2.45) is 5.10 Å². The lowest BCUT2D eigenvalue weighted by molar-refractivity contribution is 0.152. The van der Waals surface area contributed by atoms with E-state index in [-0.39, 0.29) is 6.61 Å². The Morgan fingerprint density at radius 2 is 1.80 bits per heavy atom. The third kappa shape index (κ3) is 4.04. The molecule has 0 fully saturated rings. The van der Waals surface area contributed by atoms with E-state index < -0.39 is 6.09 Å². The largest absolute Gasteiger partial charge is 0.496 e.